The average molecular weight is 356 g/mol. The number of carboxylic acids is 1. The molecule has 1 aliphatic carbocycles. The van der Waals surface area contributed by atoms with E-state index in [9.17, 15) is 4.79 Å². The average Bonchev–Trinajstić information content (AvgIpc) is 2.58. The minimum absolute atomic E-state index is 0.250. The maximum Gasteiger partial charge on any atom is 0.373 e. The number of para-hydroxylation sites is 1. The molecule has 0 unspecified atom stereocenters. The van der Waals surface area contributed by atoms with Gasteiger partial charge in [-0.25, -0.2) is 0 Å². The molecule has 1 aromatic carbocycles. The predicted molar refractivity (Wildman–Crippen MR) is 90.9 cm³/mol. The summed E-state index contributed by atoms with van der Waals surface area (Å²) in [6, 6.07) is 8.71. The lowest BCUT2D eigenvalue weighted by atomic mass is 9.87. The van der Waals surface area contributed by atoms with Gasteiger partial charge in [0.15, 0.2) is 0 Å². The van der Waals surface area contributed by atoms with Gasteiger partial charge in [-0.1, -0.05) is 24.6 Å². The van der Waals surface area contributed by atoms with Gasteiger partial charge in [0.2, 0.25) is 0 Å². The quantitative estimate of drug-likeness (QED) is 0.760. The van der Waals surface area contributed by atoms with Crippen LogP contribution in [0.1, 0.15) is 39.5 Å². The molecule has 0 spiro atoms. The van der Waals surface area contributed by atoms with Crippen LogP contribution in [-0.4, -0.2) is 46.8 Å². The van der Waals surface area contributed by atoms with Gasteiger partial charge in [-0.3, -0.25) is 4.79 Å². The van der Waals surface area contributed by atoms with Crippen molar-refractivity contribution in [3.63, 3.8) is 0 Å². The van der Waals surface area contributed by atoms with E-state index in [4.69, 9.17) is 29.6 Å². The fourth-order valence-corrected chi connectivity index (χ4v) is 2.02. The molecule has 1 aliphatic rings. The van der Waals surface area contributed by atoms with Crippen LogP contribution in [0.15, 0.2) is 30.3 Å². The molecular formula is C18H28O7. The third-order valence-electron chi connectivity index (χ3n) is 3.16. The highest BCUT2D eigenvalue weighted by Crippen LogP contribution is 2.23. The lowest BCUT2D eigenvalue weighted by Gasteiger charge is -2.21. The molecule has 0 bridgehead atoms. The molecule has 1 fully saturated rings. The maximum absolute atomic E-state index is 10.4. The van der Waals surface area contributed by atoms with E-state index in [0.717, 1.165) is 32.5 Å². The summed E-state index contributed by atoms with van der Waals surface area (Å²) >= 11 is 0. The van der Waals surface area contributed by atoms with Gasteiger partial charge in [0.25, 0.3) is 0 Å². The van der Waals surface area contributed by atoms with Crippen LogP contribution in [0.3, 0.4) is 0 Å². The zero-order valence-electron chi connectivity index (χ0n) is 14.8. The SMILES string of the molecule is CCOCC.O=C(O)[C@H]1CCC[C@@H](O)C1.O=C=O.Oc1ccccc1. The number of carbonyl (C=O) groups excluding carboxylic acids is 2. The highest BCUT2D eigenvalue weighted by atomic mass is 16.5. The number of aromatic hydroxyl groups is 1. The van der Waals surface area contributed by atoms with Gasteiger partial charge in [0.05, 0.1) is 12.0 Å². The molecule has 0 radical (unpaired) electrons. The summed E-state index contributed by atoms with van der Waals surface area (Å²) < 4.78 is 4.83. The molecule has 0 amide bonds. The highest BCUT2D eigenvalue weighted by Gasteiger charge is 2.25. The van der Waals surface area contributed by atoms with Crippen molar-refractivity contribution >= 4 is 12.1 Å². The largest absolute Gasteiger partial charge is 0.508 e. The molecule has 0 heterocycles. The normalized spacial score (nSPS) is 17.9. The van der Waals surface area contributed by atoms with Crippen LogP contribution in [0.25, 0.3) is 0 Å². The molecule has 0 aromatic heterocycles. The Kier molecular flexibility index (Phi) is 18.2. The Morgan fingerprint density at radius 1 is 1.16 bits per heavy atom. The number of aliphatic hydroxyl groups is 1. The molecule has 1 saturated carbocycles. The number of hydrogen-bond acceptors (Lipinski definition) is 6. The Bertz CT molecular complexity index is 454. The van der Waals surface area contributed by atoms with Crippen molar-refractivity contribution < 1.29 is 34.4 Å². The predicted octanol–water partition coefficient (Wildman–Crippen LogP) is 2.47. The van der Waals surface area contributed by atoms with Gasteiger partial charge in [-0.15, -0.1) is 0 Å². The summed E-state index contributed by atoms with van der Waals surface area (Å²) in [5, 5.41) is 26.2. The molecule has 3 N–H and O–H groups in total. The number of carboxylic acid groups (broad SMARTS) is 1. The Morgan fingerprint density at radius 3 is 1.92 bits per heavy atom. The van der Waals surface area contributed by atoms with Crippen LogP contribution >= 0.6 is 0 Å². The summed E-state index contributed by atoms with van der Waals surface area (Å²) in [7, 11) is 0. The van der Waals surface area contributed by atoms with Crippen molar-refractivity contribution in [3.8, 4) is 5.75 Å². The summed E-state index contributed by atoms with van der Waals surface area (Å²) in [6.07, 6.45) is 2.65. The van der Waals surface area contributed by atoms with E-state index in [1.165, 1.54) is 0 Å². The highest BCUT2D eigenvalue weighted by molar-refractivity contribution is 5.70. The number of phenols is 1. The lowest BCUT2D eigenvalue weighted by molar-refractivity contribution is -0.191. The fourth-order valence-electron chi connectivity index (χ4n) is 2.02. The molecule has 142 valence electrons. The molecule has 1 aromatic rings. The minimum atomic E-state index is -0.765. The zero-order valence-corrected chi connectivity index (χ0v) is 14.8. The van der Waals surface area contributed by atoms with Crippen molar-refractivity contribution in [2.24, 2.45) is 5.92 Å². The van der Waals surface area contributed by atoms with Gasteiger partial charge >= 0.3 is 12.1 Å². The Hall–Kier alpha value is -2.21. The smallest absolute Gasteiger partial charge is 0.373 e. The number of benzene rings is 1. The first-order valence-electron chi connectivity index (χ1n) is 8.14. The Labute approximate surface area is 148 Å². The second-order valence-corrected chi connectivity index (χ2v) is 5.06. The standard InChI is InChI=1S/C7H12O3.C6H6O.C4H10O.CO2/c8-6-3-1-2-5(4-6)7(9)10;7-6-4-2-1-3-5-6;1-3-5-4-2;2-1-3/h5-6,8H,1-4H2,(H,9,10);1-5,7H;3-4H2,1-2H3;/t5-,6+;;;/m0.../s1. The topological polar surface area (TPSA) is 121 Å². The van der Waals surface area contributed by atoms with E-state index in [-0.39, 0.29) is 18.2 Å². The fraction of sp³-hybridized carbons (Fsp3) is 0.556. The second kappa shape index (κ2) is 18.1. The van der Waals surface area contributed by atoms with E-state index < -0.39 is 5.97 Å². The lowest BCUT2D eigenvalue weighted by Crippen LogP contribution is -2.25. The van der Waals surface area contributed by atoms with Gasteiger partial charge in [0, 0.05) is 13.2 Å². The van der Waals surface area contributed by atoms with Gasteiger partial charge < -0.3 is 20.1 Å². The van der Waals surface area contributed by atoms with Crippen molar-refractivity contribution in [1.82, 2.24) is 0 Å². The second-order valence-electron chi connectivity index (χ2n) is 5.06. The number of rotatable bonds is 3. The van der Waals surface area contributed by atoms with E-state index in [1.807, 2.05) is 19.9 Å². The molecular weight excluding hydrogens is 328 g/mol. The van der Waals surface area contributed by atoms with Crippen LogP contribution in [-0.2, 0) is 19.1 Å². The number of aliphatic carboxylic acids is 1. The first-order chi connectivity index (χ1) is 11.9. The van der Waals surface area contributed by atoms with Gasteiger partial charge in [-0.2, -0.15) is 9.59 Å². The van der Waals surface area contributed by atoms with Gasteiger partial charge in [-0.05, 0) is 45.2 Å². The molecule has 2 atom stereocenters. The third kappa shape index (κ3) is 18.0. The van der Waals surface area contributed by atoms with Crippen molar-refractivity contribution in [1.29, 1.82) is 0 Å². The van der Waals surface area contributed by atoms with Crippen molar-refractivity contribution in [2.45, 2.75) is 45.6 Å². The Morgan fingerprint density at radius 2 is 1.68 bits per heavy atom. The monoisotopic (exact) mass is 356 g/mol. The minimum Gasteiger partial charge on any atom is -0.508 e. The van der Waals surface area contributed by atoms with E-state index in [1.54, 1.807) is 24.3 Å². The number of aliphatic hydroxyl groups excluding tert-OH is 1. The van der Waals surface area contributed by atoms with E-state index in [0.29, 0.717) is 12.2 Å². The molecule has 7 nitrogen and oxygen atoms in total. The molecule has 0 aliphatic heterocycles. The first-order valence-corrected chi connectivity index (χ1v) is 8.14. The maximum atomic E-state index is 10.4. The Balaban J connectivity index is 0. The van der Waals surface area contributed by atoms with Crippen molar-refractivity contribution in [2.75, 3.05) is 13.2 Å². The summed E-state index contributed by atoms with van der Waals surface area (Å²) in [5.41, 5.74) is 0. The molecule has 7 heteroatoms. The van der Waals surface area contributed by atoms with Crippen LogP contribution in [0.5, 0.6) is 5.75 Å². The van der Waals surface area contributed by atoms with Crippen LogP contribution in [0.4, 0.5) is 0 Å². The zero-order chi connectivity index (χ0) is 19.5. The molecule has 25 heavy (non-hydrogen) atoms. The van der Waals surface area contributed by atoms with Crippen LogP contribution < -0.4 is 0 Å². The first kappa shape index (κ1) is 25.0. The number of phenolic OH excluding ortho intramolecular Hbond substituents is 1. The van der Waals surface area contributed by atoms with E-state index in [2.05, 4.69) is 0 Å². The van der Waals surface area contributed by atoms with Crippen LogP contribution in [0, 0.1) is 5.92 Å². The molecule has 2 rings (SSSR count). The summed E-state index contributed by atoms with van der Waals surface area (Å²) in [6.45, 7) is 5.67. The number of carbonyl (C=O) groups is 1. The van der Waals surface area contributed by atoms with E-state index >= 15 is 0 Å². The third-order valence-corrected chi connectivity index (χ3v) is 3.16. The number of hydrogen-bond donors (Lipinski definition) is 3. The summed E-state index contributed by atoms with van der Waals surface area (Å²) in [4.78, 5) is 26.6. The molecule has 0 saturated heterocycles. The van der Waals surface area contributed by atoms with Crippen molar-refractivity contribution in [3.05, 3.63) is 30.3 Å². The van der Waals surface area contributed by atoms with Crippen LogP contribution in [0.2, 0.25) is 0 Å². The summed E-state index contributed by atoms with van der Waals surface area (Å²) in [5.74, 6) is -0.745. The van der Waals surface area contributed by atoms with Gasteiger partial charge in [0.1, 0.15) is 5.75 Å². The number of ether oxygens (including phenoxy) is 1.